The third-order valence-electron chi connectivity index (χ3n) is 6.11. The third kappa shape index (κ3) is 4.84. The van der Waals surface area contributed by atoms with Crippen LogP contribution in [-0.2, 0) is 6.42 Å². The van der Waals surface area contributed by atoms with Gasteiger partial charge in [-0.25, -0.2) is 0 Å². The van der Waals surface area contributed by atoms with E-state index in [4.69, 9.17) is 4.74 Å². The first-order chi connectivity index (χ1) is 14.5. The lowest BCUT2D eigenvalue weighted by atomic mass is 9.95. The van der Waals surface area contributed by atoms with Gasteiger partial charge in [-0.05, 0) is 60.9 Å². The summed E-state index contributed by atoms with van der Waals surface area (Å²) < 4.78 is 6.04. The van der Waals surface area contributed by atoms with Crippen molar-refractivity contribution < 1.29 is 25.2 Å². The molecule has 0 radical (unpaired) electrons. The van der Waals surface area contributed by atoms with Crippen LogP contribution in [0.4, 0.5) is 0 Å². The normalized spacial score (nSPS) is 29.8. The Hall–Kier alpha value is -1.57. The van der Waals surface area contributed by atoms with Gasteiger partial charge < -0.3 is 25.2 Å². The van der Waals surface area contributed by atoms with Crippen LogP contribution in [0.15, 0.2) is 48.5 Å². The van der Waals surface area contributed by atoms with Gasteiger partial charge in [-0.3, -0.25) is 0 Å². The van der Waals surface area contributed by atoms with E-state index in [2.05, 4.69) is 12.1 Å². The molecule has 2 fully saturated rings. The van der Waals surface area contributed by atoms with Crippen LogP contribution in [0.25, 0.3) is 0 Å². The Bertz CT molecular complexity index is 819. The largest absolute Gasteiger partial charge is 0.490 e. The topological polar surface area (TPSA) is 90.2 Å². The predicted molar refractivity (Wildman–Crippen MR) is 118 cm³/mol. The molecule has 1 heterocycles. The smallest absolute Gasteiger partial charge is 0.119 e. The van der Waals surface area contributed by atoms with E-state index in [1.807, 2.05) is 36.4 Å². The summed E-state index contributed by atoms with van der Waals surface area (Å²) in [5.74, 6) is 0.920. The van der Waals surface area contributed by atoms with E-state index in [9.17, 15) is 20.4 Å². The highest BCUT2D eigenvalue weighted by Crippen LogP contribution is 2.43. The molecular weight excluding hydrogens is 400 g/mol. The third-order valence-corrected chi connectivity index (χ3v) is 7.73. The SMILES string of the molecule is OC[C@H]1S[C@@H](c2cccc(Cc3ccc(OC4CCCC4)cc3)c2)[C@H](O)[C@@H](O)[C@@H]1O. The van der Waals surface area contributed by atoms with Crippen molar-refractivity contribution in [3.8, 4) is 5.75 Å². The molecule has 0 amide bonds. The molecule has 1 aliphatic heterocycles. The summed E-state index contributed by atoms with van der Waals surface area (Å²) in [5.41, 5.74) is 3.16. The Morgan fingerprint density at radius 2 is 1.60 bits per heavy atom. The number of benzene rings is 2. The van der Waals surface area contributed by atoms with Crippen molar-refractivity contribution in [3.63, 3.8) is 0 Å². The molecule has 2 aromatic carbocycles. The zero-order valence-corrected chi connectivity index (χ0v) is 17.7. The molecular formula is C24H30O5S. The lowest BCUT2D eigenvalue weighted by molar-refractivity contribution is -0.0700. The Balaban J connectivity index is 1.44. The summed E-state index contributed by atoms with van der Waals surface area (Å²) in [4.78, 5) is 0. The summed E-state index contributed by atoms with van der Waals surface area (Å²) >= 11 is 1.31. The lowest BCUT2D eigenvalue weighted by Crippen LogP contribution is -2.51. The fourth-order valence-corrected chi connectivity index (χ4v) is 5.79. The van der Waals surface area contributed by atoms with Crippen molar-refractivity contribution >= 4 is 11.8 Å². The molecule has 4 N–H and O–H groups in total. The molecule has 0 spiro atoms. The molecule has 162 valence electrons. The molecule has 0 aromatic heterocycles. The van der Waals surface area contributed by atoms with Crippen molar-refractivity contribution in [2.24, 2.45) is 0 Å². The van der Waals surface area contributed by atoms with E-state index >= 15 is 0 Å². The predicted octanol–water partition coefficient (Wildman–Crippen LogP) is 2.83. The highest BCUT2D eigenvalue weighted by molar-refractivity contribution is 8.00. The molecule has 1 saturated heterocycles. The van der Waals surface area contributed by atoms with E-state index in [0.29, 0.717) is 6.10 Å². The van der Waals surface area contributed by atoms with Crippen LogP contribution in [0.2, 0.25) is 0 Å². The Labute approximate surface area is 181 Å². The first-order valence-electron chi connectivity index (χ1n) is 10.7. The second-order valence-electron chi connectivity index (χ2n) is 8.34. The Kier molecular flexibility index (Phi) is 7.01. The quantitative estimate of drug-likeness (QED) is 0.564. The van der Waals surface area contributed by atoms with E-state index in [-0.39, 0.29) is 6.61 Å². The first-order valence-corrected chi connectivity index (χ1v) is 11.6. The van der Waals surface area contributed by atoms with Crippen molar-refractivity contribution in [2.45, 2.75) is 67.0 Å². The van der Waals surface area contributed by atoms with Gasteiger partial charge in [-0.2, -0.15) is 0 Å². The number of ether oxygens (including phenoxy) is 1. The number of rotatable bonds is 6. The zero-order valence-electron chi connectivity index (χ0n) is 16.9. The van der Waals surface area contributed by atoms with Crippen LogP contribution in [0, 0.1) is 0 Å². The minimum Gasteiger partial charge on any atom is -0.490 e. The minimum absolute atomic E-state index is 0.249. The van der Waals surface area contributed by atoms with Gasteiger partial charge in [0, 0.05) is 0 Å². The molecule has 5 atom stereocenters. The fraction of sp³-hybridized carbons (Fsp3) is 0.500. The van der Waals surface area contributed by atoms with Gasteiger partial charge in [-0.15, -0.1) is 11.8 Å². The summed E-state index contributed by atoms with van der Waals surface area (Å²) in [7, 11) is 0. The van der Waals surface area contributed by atoms with Gasteiger partial charge in [0.25, 0.3) is 0 Å². The maximum Gasteiger partial charge on any atom is 0.119 e. The molecule has 4 rings (SSSR count). The molecule has 0 unspecified atom stereocenters. The van der Waals surface area contributed by atoms with Crippen LogP contribution in [0.5, 0.6) is 5.75 Å². The van der Waals surface area contributed by atoms with Crippen LogP contribution in [0.1, 0.15) is 47.6 Å². The number of aliphatic hydroxyl groups is 4. The average Bonchev–Trinajstić information content (AvgIpc) is 3.27. The number of aliphatic hydroxyl groups excluding tert-OH is 4. The van der Waals surface area contributed by atoms with E-state index in [1.165, 1.54) is 30.2 Å². The van der Waals surface area contributed by atoms with Crippen molar-refractivity contribution in [2.75, 3.05) is 6.61 Å². The summed E-state index contributed by atoms with van der Waals surface area (Å²) in [6.45, 7) is -0.249. The fourth-order valence-electron chi connectivity index (χ4n) is 4.38. The van der Waals surface area contributed by atoms with Crippen molar-refractivity contribution in [1.29, 1.82) is 0 Å². The Morgan fingerprint density at radius 1 is 0.867 bits per heavy atom. The van der Waals surface area contributed by atoms with Gasteiger partial charge in [-0.1, -0.05) is 36.4 Å². The molecule has 0 bridgehead atoms. The molecule has 2 aromatic rings. The van der Waals surface area contributed by atoms with Crippen molar-refractivity contribution in [1.82, 2.24) is 0 Å². The van der Waals surface area contributed by atoms with E-state index in [0.717, 1.165) is 36.1 Å². The number of hydrogen-bond donors (Lipinski definition) is 4. The van der Waals surface area contributed by atoms with Gasteiger partial charge in [0.1, 0.15) is 11.9 Å². The maximum atomic E-state index is 10.5. The van der Waals surface area contributed by atoms with Gasteiger partial charge >= 0.3 is 0 Å². The molecule has 6 heteroatoms. The molecule has 1 saturated carbocycles. The standard InChI is InChI=1S/C24H30O5S/c25-14-20-21(26)22(27)23(28)24(30-20)17-5-3-4-16(13-17)12-15-8-10-19(11-9-15)29-18-6-1-2-7-18/h3-5,8-11,13,18,20-28H,1-2,6-7,12,14H2/t20-,21-,22+,23-,24+/m1/s1. The Morgan fingerprint density at radius 3 is 2.30 bits per heavy atom. The second-order valence-corrected chi connectivity index (χ2v) is 9.73. The number of thioether (sulfide) groups is 1. The van der Waals surface area contributed by atoms with Crippen LogP contribution < -0.4 is 4.74 Å². The molecule has 2 aliphatic rings. The summed E-state index contributed by atoms with van der Waals surface area (Å²) in [6, 6.07) is 16.2. The van der Waals surface area contributed by atoms with Gasteiger partial charge in [0.2, 0.25) is 0 Å². The van der Waals surface area contributed by atoms with Crippen LogP contribution >= 0.6 is 11.8 Å². The first kappa shape index (κ1) is 21.7. The minimum atomic E-state index is -1.27. The average molecular weight is 431 g/mol. The summed E-state index contributed by atoms with van der Waals surface area (Å²) in [6.07, 6.45) is 2.39. The zero-order chi connectivity index (χ0) is 21.1. The van der Waals surface area contributed by atoms with E-state index in [1.54, 1.807) is 0 Å². The molecule has 30 heavy (non-hydrogen) atoms. The molecule has 5 nitrogen and oxygen atoms in total. The number of hydrogen-bond acceptors (Lipinski definition) is 6. The summed E-state index contributed by atoms with van der Waals surface area (Å²) in [5, 5.41) is 39.3. The van der Waals surface area contributed by atoms with Gasteiger partial charge in [0.15, 0.2) is 0 Å². The van der Waals surface area contributed by atoms with Crippen LogP contribution in [0.3, 0.4) is 0 Å². The lowest BCUT2D eigenvalue weighted by Gasteiger charge is -2.39. The van der Waals surface area contributed by atoms with Gasteiger partial charge in [0.05, 0.1) is 35.4 Å². The highest BCUT2D eigenvalue weighted by atomic mass is 32.2. The molecule has 1 aliphatic carbocycles. The highest BCUT2D eigenvalue weighted by Gasteiger charge is 2.43. The maximum absolute atomic E-state index is 10.5. The van der Waals surface area contributed by atoms with E-state index < -0.39 is 28.8 Å². The monoisotopic (exact) mass is 430 g/mol. The second kappa shape index (κ2) is 9.71. The van der Waals surface area contributed by atoms with Crippen molar-refractivity contribution in [3.05, 3.63) is 65.2 Å². The van der Waals surface area contributed by atoms with Crippen LogP contribution in [-0.4, -0.2) is 56.7 Å².